The van der Waals surface area contributed by atoms with Gasteiger partial charge in [-0.05, 0) is 48.7 Å². The van der Waals surface area contributed by atoms with Crippen LogP contribution >= 0.6 is 11.6 Å². The number of benzene rings is 2. The monoisotopic (exact) mass is 462 g/mol. The Hall–Kier alpha value is -1.85. The van der Waals surface area contributed by atoms with Crippen LogP contribution in [0.5, 0.6) is 11.5 Å². The van der Waals surface area contributed by atoms with Gasteiger partial charge < -0.3 is 35.6 Å². The van der Waals surface area contributed by atoms with E-state index in [-0.39, 0.29) is 52.6 Å². The summed E-state index contributed by atoms with van der Waals surface area (Å²) in [5, 5.41) is 32.4. The van der Waals surface area contributed by atoms with E-state index < -0.39 is 23.8 Å². The van der Waals surface area contributed by atoms with Crippen molar-refractivity contribution < 1.29 is 69.4 Å². The number of halogens is 1. The van der Waals surface area contributed by atoms with Crippen molar-refractivity contribution in [2.24, 2.45) is 0 Å². The first-order valence-corrected chi connectivity index (χ1v) is 9.23. The number of ether oxygens (including phenoxy) is 2. The van der Waals surface area contributed by atoms with Crippen LogP contribution in [-0.2, 0) is 16.0 Å². The molecule has 1 aliphatic heterocycles. The van der Waals surface area contributed by atoms with E-state index >= 15 is 0 Å². The number of hydrogen-bond donors (Lipinski definition) is 4. The minimum atomic E-state index is -2.77. The predicted molar refractivity (Wildman–Crippen MR) is 107 cm³/mol. The molecule has 0 aliphatic carbocycles. The topological polar surface area (TPSA) is 157 Å². The van der Waals surface area contributed by atoms with Crippen molar-refractivity contribution >= 4 is 23.5 Å². The van der Waals surface area contributed by atoms with Crippen LogP contribution in [0.25, 0.3) is 0 Å². The summed E-state index contributed by atoms with van der Waals surface area (Å²) in [5.74, 6) is -6.15. The second-order valence-electron chi connectivity index (χ2n) is 6.80. The van der Waals surface area contributed by atoms with Gasteiger partial charge in [-0.25, -0.2) is 9.59 Å². The zero-order chi connectivity index (χ0) is 21.2. The molecule has 6 N–H and O–H groups in total. The third kappa shape index (κ3) is 6.11. The van der Waals surface area contributed by atoms with E-state index in [0.717, 1.165) is 5.56 Å². The average molecular weight is 463 g/mol. The van der Waals surface area contributed by atoms with E-state index in [4.69, 9.17) is 21.1 Å². The smallest absolute Gasteiger partial charge is 0.475 e. The van der Waals surface area contributed by atoms with E-state index in [1.54, 1.807) is 36.4 Å². The Morgan fingerprint density at radius 2 is 1.74 bits per heavy atom. The number of hydrogen-bond acceptors (Lipinski definition) is 6. The Morgan fingerprint density at radius 3 is 2.35 bits per heavy atom. The number of carboxylic acid groups (broad SMARTS) is 2. The summed E-state index contributed by atoms with van der Waals surface area (Å²) in [4.78, 5) is 22.6. The van der Waals surface area contributed by atoms with Gasteiger partial charge in [0.25, 0.3) is 0 Å². The van der Waals surface area contributed by atoms with Crippen molar-refractivity contribution in [2.75, 3.05) is 6.54 Å². The van der Waals surface area contributed by atoms with Gasteiger partial charge in [-0.15, -0.1) is 0 Å². The van der Waals surface area contributed by atoms with Crippen molar-refractivity contribution in [3.8, 4) is 11.5 Å². The molecule has 3 rings (SSSR count). The molecule has 0 saturated heterocycles. The van der Waals surface area contributed by atoms with Gasteiger partial charge in [0.15, 0.2) is 11.5 Å². The Labute approximate surface area is 205 Å². The third-order valence-corrected chi connectivity index (χ3v) is 4.75. The van der Waals surface area contributed by atoms with Crippen molar-refractivity contribution in [2.45, 2.75) is 31.3 Å². The van der Waals surface area contributed by atoms with E-state index in [0.29, 0.717) is 23.6 Å². The fourth-order valence-electron chi connectivity index (χ4n) is 3.01. The molecule has 31 heavy (non-hydrogen) atoms. The number of aliphatic hydroxyl groups is 1. The molecule has 2 atom stereocenters. The average Bonchev–Trinajstić information content (AvgIpc) is 3.06. The molecular weight excluding hydrogens is 441 g/mol. The quantitative estimate of drug-likeness (QED) is 0.270. The first-order chi connectivity index (χ1) is 13.7. The fraction of sp³-hybridized carbons (Fsp3) is 0.300. The maximum atomic E-state index is 11.3. The molecule has 0 bridgehead atoms. The molecule has 1 aliphatic rings. The van der Waals surface area contributed by atoms with Crippen molar-refractivity contribution in [3.05, 3.63) is 58.6 Å². The number of aliphatic hydroxyl groups excluding tert-OH is 1. The molecule has 11 heteroatoms. The van der Waals surface area contributed by atoms with Crippen LogP contribution in [0.4, 0.5) is 0 Å². The molecule has 1 heterocycles. The maximum absolute atomic E-state index is 11.3. The van der Waals surface area contributed by atoms with Crippen LogP contribution in [0.2, 0.25) is 5.02 Å². The summed E-state index contributed by atoms with van der Waals surface area (Å²) in [6.45, 7) is 2.24. The Bertz CT molecular complexity index is 927. The number of rotatable bonds is 8. The van der Waals surface area contributed by atoms with Crippen molar-refractivity contribution in [3.63, 3.8) is 0 Å². The molecule has 2 aromatic carbocycles. The molecule has 0 spiro atoms. The summed E-state index contributed by atoms with van der Waals surface area (Å²) in [5.41, 5.74) is 1.50. The summed E-state index contributed by atoms with van der Waals surface area (Å²) in [7, 11) is 0. The van der Waals surface area contributed by atoms with Gasteiger partial charge in [0.2, 0.25) is 0 Å². The van der Waals surface area contributed by atoms with E-state index in [9.17, 15) is 24.9 Å². The third-order valence-electron chi connectivity index (χ3n) is 4.51. The standard InChI is InChI=1S/C20H20ClNO7.Na.H2O/c1-11(22-10-15(23)13-3-2-4-14(21)9-13)7-12-5-6-16-17(8-12)29-20(28-16,18(24)25)19(26)27;;/h2-6,8-9,11,15,22-23H,7,10H2,1H3,(H,24,25)(H,26,27);;1H2/q;+1;/t11-,15+;;/m1../s1. The van der Waals surface area contributed by atoms with Gasteiger partial charge in [0.1, 0.15) is 0 Å². The maximum Gasteiger partial charge on any atom is 1.00 e. The molecule has 9 nitrogen and oxygen atoms in total. The number of carboxylic acids is 2. The Morgan fingerprint density at radius 1 is 1.10 bits per heavy atom. The van der Waals surface area contributed by atoms with Crippen LogP contribution in [0, 0.1) is 0 Å². The van der Waals surface area contributed by atoms with E-state index in [2.05, 4.69) is 5.32 Å². The minimum Gasteiger partial charge on any atom is -0.475 e. The molecule has 162 valence electrons. The number of fused-ring (bicyclic) bond motifs is 1. The summed E-state index contributed by atoms with van der Waals surface area (Å²) in [6.07, 6.45) is -0.189. The zero-order valence-electron chi connectivity index (χ0n) is 17.0. The zero-order valence-corrected chi connectivity index (χ0v) is 19.7. The minimum absolute atomic E-state index is 0. The summed E-state index contributed by atoms with van der Waals surface area (Å²) < 4.78 is 10.1. The van der Waals surface area contributed by atoms with Gasteiger partial charge in [-0.1, -0.05) is 29.8 Å². The summed E-state index contributed by atoms with van der Waals surface area (Å²) in [6, 6.07) is 11.7. The summed E-state index contributed by atoms with van der Waals surface area (Å²) >= 11 is 5.94. The number of carbonyl (C=O) groups is 2. The molecule has 0 unspecified atom stereocenters. The van der Waals surface area contributed by atoms with Gasteiger partial charge >= 0.3 is 47.3 Å². The van der Waals surface area contributed by atoms with Crippen LogP contribution in [0.3, 0.4) is 0 Å². The molecule has 0 aromatic heterocycles. The largest absolute Gasteiger partial charge is 1.00 e. The first-order valence-electron chi connectivity index (χ1n) is 8.86. The Kier molecular flexibility index (Phi) is 9.77. The SMILES string of the molecule is C[C@H](Cc1ccc2c(c1)OC(C(=O)O)(C(=O)O)O2)NC[C@H](O)c1cccc(Cl)c1.O.[Na+]. The number of nitrogens with one attached hydrogen (secondary N) is 1. The first kappa shape index (κ1) is 27.2. The molecular formula is C20H22ClNNaO8+. The Balaban J connectivity index is 0.00000240. The predicted octanol–water partition coefficient (Wildman–Crippen LogP) is -1.59. The van der Waals surface area contributed by atoms with Crippen molar-refractivity contribution in [1.29, 1.82) is 0 Å². The van der Waals surface area contributed by atoms with Gasteiger partial charge in [-0.2, -0.15) is 0 Å². The van der Waals surface area contributed by atoms with Crippen LogP contribution in [0.15, 0.2) is 42.5 Å². The second-order valence-corrected chi connectivity index (χ2v) is 7.23. The molecule has 0 saturated carbocycles. The molecule has 0 fully saturated rings. The second kappa shape index (κ2) is 11.1. The molecule has 0 radical (unpaired) electrons. The van der Waals surface area contributed by atoms with Crippen molar-refractivity contribution in [1.82, 2.24) is 5.32 Å². The van der Waals surface area contributed by atoms with E-state index in [1.807, 2.05) is 6.92 Å². The van der Waals surface area contributed by atoms with Gasteiger partial charge in [-0.3, -0.25) is 0 Å². The van der Waals surface area contributed by atoms with Gasteiger partial charge in [0, 0.05) is 17.6 Å². The normalized spacial score (nSPS) is 15.2. The van der Waals surface area contributed by atoms with Gasteiger partial charge in [0.05, 0.1) is 6.10 Å². The molecule has 2 aromatic rings. The molecule has 0 amide bonds. The number of aliphatic carboxylic acids is 2. The van der Waals surface area contributed by atoms with E-state index in [1.165, 1.54) is 6.07 Å². The van der Waals surface area contributed by atoms with Crippen LogP contribution in [-0.4, -0.2) is 51.1 Å². The van der Waals surface area contributed by atoms with Crippen LogP contribution < -0.4 is 44.3 Å². The fourth-order valence-corrected chi connectivity index (χ4v) is 3.21. The van der Waals surface area contributed by atoms with Crippen LogP contribution in [0.1, 0.15) is 24.2 Å².